The molecule has 1 aliphatic rings. The van der Waals surface area contributed by atoms with Crippen LogP contribution in [0.15, 0.2) is 23.3 Å². The van der Waals surface area contributed by atoms with Crippen molar-refractivity contribution in [2.75, 3.05) is 0 Å². The molecule has 0 saturated heterocycles. The van der Waals surface area contributed by atoms with E-state index in [4.69, 9.17) is 0 Å². The van der Waals surface area contributed by atoms with Gasteiger partial charge in [0.2, 0.25) is 0 Å². The lowest BCUT2D eigenvalue weighted by Crippen LogP contribution is -1.91. The molecule has 0 aromatic rings. The third kappa shape index (κ3) is 1.73. The van der Waals surface area contributed by atoms with E-state index in [2.05, 4.69) is 26.0 Å². The number of allylic oxidation sites excluding steroid dienone is 4. The quantitative estimate of drug-likeness (QED) is 0.545. The summed E-state index contributed by atoms with van der Waals surface area (Å²) in [5.74, 6) is 0. The van der Waals surface area contributed by atoms with Gasteiger partial charge < -0.3 is 0 Å². The van der Waals surface area contributed by atoms with Gasteiger partial charge in [-0.05, 0) is 25.7 Å². The second-order valence-corrected chi connectivity index (χ2v) is 2.86. The second kappa shape index (κ2) is 3.60. The van der Waals surface area contributed by atoms with Gasteiger partial charge in [0.25, 0.3) is 0 Å². The Morgan fingerprint density at radius 2 is 1.40 bits per heavy atom. The fraction of sp³-hybridized carbons (Fsp3) is 0.600. The zero-order valence-electron chi connectivity index (χ0n) is 6.98. The molecule has 0 aromatic heterocycles. The van der Waals surface area contributed by atoms with Crippen LogP contribution in [0.1, 0.15) is 39.5 Å². The van der Waals surface area contributed by atoms with Gasteiger partial charge in [0, 0.05) is 0 Å². The first kappa shape index (κ1) is 7.59. The topological polar surface area (TPSA) is 0 Å². The second-order valence-electron chi connectivity index (χ2n) is 2.86. The highest BCUT2D eigenvalue weighted by molar-refractivity contribution is 5.23. The first-order valence-corrected chi connectivity index (χ1v) is 4.24. The molecule has 0 spiro atoms. The van der Waals surface area contributed by atoms with Gasteiger partial charge in [-0.3, -0.25) is 0 Å². The lowest BCUT2D eigenvalue weighted by atomic mass is 9.96. The number of hydrogen-bond donors (Lipinski definition) is 0. The Bertz CT molecular complexity index is 141. The van der Waals surface area contributed by atoms with Crippen molar-refractivity contribution in [3.05, 3.63) is 23.3 Å². The van der Waals surface area contributed by atoms with Crippen LogP contribution in [0.4, 0.5) is 0 Å². The van der Waals surface area contributed by atoms with Gasteiger partial charge in [-0.15, -0.1) is 0 Å². The van der Waals surface area contributed by atoms with E-state index >= 15 is 0 Å². The molecule has 0 radical (unpaired) electrons. The fourth-order valence-corrected chi connectivity index (χ4v) is 1.31. The minimum Gasteiger partial charge on any atom is -0.0702 e. The van der Waals surface area contributed by atoms with Gasteiger partial charge in [-0.2, -0.15) is 0 Å². The Kier molecular flexibility index (Phi) is 2.73. The molecule has 0 nitrogen and oxygen atoms in total. The van der Waals surface area contributed by atoms with E-state index in [0.29, 0.717) is 0 Å². The molecule has 0 heteroatoms. The van der Waals surface area contributed by atoms with Crippen LogP contribution in [0, 0.1) is 0 Å². The summed E-state index contributed by atoms with van der Waals surface area (Å²) in [7, 11) is 0. The van der Waals surface area contributed by atoms with Crippen molar-refractivity contribution in [2.24, 2.45) is 0 Å². The van der Waals surface area contributed by atoms with Crippen molar-refractivity contribution in [1.82, 2.24) is 0 Å². The maximum Gasteiger partial charge on any atom is -0.0280 e. The predicted molar refractivity (Wildman–Crippen MR) is 46.0 cm³/mol. The molecular formula is C10H16. The molecule has 0 heterocycles. The summed E-state index contributed by atoms with van der Waals surface area (Å²) in [4.78, 5) is 0. The monoisotopic (exact) mass is 136 g/mol. The molecule has 0 fully saturated rings. The summed E-state index contributed by atoms with van der Waals surface area (Å²) in [6, 6.07) is 0. The smallest absolute Gasteiger partial charge is 0.0280 e. The summed E-state index contributed by atoms with van der Waals surface area (Å²) < 4.78 is 0. The van der Waals surface area contributed by atoms with Crippen molar-refractivity contribution >= 4 is 0 Å². The molecule has 0 aromatic carbocycles. The van der Waals surface area contributed by atoms with E-state index in [1.807, 2.05) is 0 Å². The SMILES string of the molecule is CCC1=CC=C(CC)CC1. The molecule has 0 N–H and O–H groups in total. The van der Waals surface area contributed by atoms with Gasteiger partial charge in [-0.1, -0.05) is 37.1 Å². The first-order chi connectivity index (χ1) is 4.86. The van der Waals surface area contributed by atoms with E-state index in [0.717, 1.165) is 0 Å². The van der Waals surface area contributed by atoms with Crippen LogP contribution in [-0.2, 0) is 0 Å². The van der Waals surface area contributed by atoms with Crippen LogP contribution in [0.5, 0.6) is 0 Å². The van der Waals surface area contributed by atoms with E-state index < -0.39 is 0 Å². The highest BCUT2D eigenvalue weighted by atomic mass is 14.1. The molecule has 0 unspecified atom stereocenters. The van der Waals surface area contributed by atoms with Crippen LogP contribution in [0.2, 0.25) is 0 Å². The number of rotatable bonds is 2. The van der Waals surface area contributed by atoms with Crippen LogP contribution in [0.25, 0.3) is 0 Å². The zero-order chi connectivity index (χ0) is 7.40. The normalized spacial score (nSPS) is 18.2. The van der Waals surface area contributed by atoms with E-state index in [9.17, 15) is 0 Å². The Balaban J connectivity index is 2.55. The van der Waals surface area contributed by atoms with Gasteiger partial charge in [0.05, 0.1) is 0 Å². The molecular weight excluding hydrogens is 120 g/mol. The van der Waals surface area contributed by atoms with Crippen LogP contribution in [0.3, 0.4) is 0 Å². The third-order valence-corrected chi connectivity index (χ3v) is 2.23. The van der Waals surface area contributed by atoms with E-state index in [-0.39, 0.29) is 0 Å². The molecule has 0 amide bonds. The molecule has 10 heavy (non-hydrogen) atoms. The van der Waals surface area contributed by atoms with Gasteiger partial charge in [0.15, 0.2) is 0 Å². The van der Waals surface area contributed by atoms with Gasteiger partial charge in [-0.25, -0.2) is 0 Å². The van der Waals surface area contributed by atoms with Crippen molar-refractivity contribution in [2.45, 2.75) is 39.5 Å². The van der Waals surface area contributed by atoms with Gasteiger partial charge >= 0.3 is 0 Å². The standard InChI is InChI=1S/C10H16/c1-3-9-5-7-10(4-2)8-6-9/h5,7H,3-4,6,8H2,1-2H3. The third-order valence-electron chi connectivity index (χ3n) is 2.23. The first-order valence-electron chi connectivity index (χ1n) is 4.24. The average molecular weight is 136 g/mol. The zero-order valence-corrected chi connectivity index (χ0v) is 6.98. The molecule has 1 aliphatic carbocycles. The highest BCUT2D eigenvalue weighted by Gasteiger charge is 2.01. The van der Waals surface area contributed by atoms with Crippen molar-refractivity contribution in [3.8, 4) is 0 Å². The Labute approximate surface area is 63.6 Å². The van der Waals surface area contributed by atoms with E-state index in [1.54, 1.807) is 11.1 Å². The van der Waals surface area contributed by atoms with E-state index in [1.165, 1.54) is 25.7 Å². The van der Waals surface area contributed by atoms with Crippen molar-refractivity contribution in [3.63, 3.8) is 0 Å². The molecule has 1 rings (SSSR count). The Morgan fingerprint density at radius 3 is 1.60 bits per heavy atom. The lowest BCUT2D eigenvalue weighted by molar-refractivity contribution is 0.824. The van der Waals surface area contributed by atoms with Crippen molar-refractivity contribution in [1.29, 1.82) is 0 Å². The largest absolute Gasteiger partial charge is 0.0702 e. The highest BCUT2D eigenvalue weighted by Crippen LogP contribution is 2.21. The summed E-state index contributed by atoms with van der Waals surface area (Å²) in [5, 5.41) is 0. The summed E-state index contributed by atoms with van der Waals surface area (Å²) in [6.07, 6.45) is 9.65. The molecule has 0 aliphatic heterocycles. The van der Waals surface area contributed by atoms with Crippen LogP contribution in [-0.4, -0.2) is 0 Å². The molecule has 0 saturated carbocycles. The lowest BCUT2D eigenvalue weighted by Gasteiger charge is -2.11. The maximum atomic E-state index is 2.29. The summed E-state index contributed by atoms with van der Waals surface area (Å²) >= 11 is 0. The van der Waals surface area contributed by atoms with Crippen LogP contribution < -0.4 is 0 Å². The minimum atomic E-state index is 1.23. The molecule has 56 valence electrons. The maximum absolute atomic E-state index is 2.29. The van der Waals surface area contributed by atoms with Crippen molar-refractivity contribution < 1.29 is 0 Å². The summed E-state index contributed by atoms with van der Waals surface area (Å²) in [6.45, 7) is 4.47. The molecule has 0 bridgehead atoms. The average Bonchev–Trinajstić information content (AvgIpc) is 2.05. The van der Waals surface area contributed by atoms with Crippen LogP contribution >= 0.6 is 0 Å². The van der Waals surface area contributed by atoms with Gasteiger partial charge in [0.1, 0.15) is 0 Å². The predicted octanol–water partition coefficient (Wildman–Crippen LogP) is 3.45. The molecule has 0 atom stereocenters. The fourth-order valence-electron chi connectivity index (χ4n) is 1.31. The number of hydrogen-bond acceptors (Lipinski definition) is 0. The Hall–Kier alpha value is -0.520. The Morgan fingerprint density at radius 1 is 1.00 bits per heavy atom. The summed E-state index contributed by atoms with van der Waals surface area (Å²) in [5.41, 5.74) is 3.22. The minimum absolute atomic E-state index is 1.23.